The average molecular weight is 453 g/mol. The van der Waals surface area contributed by atoms with E-state index in [9.17, 15) is 0 Å². The highest BCUT2D eigenvalue weighted by atomic mass is 79.9. The van der Waals surface area contributed by atoms with Crippen molar-refractivity contribution in [2.75, 3.05) is 33.9 Å². The molecule has 0 unspecified atom stereocenters. The van der Waals surface area contributed by atoms with Crippen molar-refractivity contribution < 1.29 is 9.47 Å². The summed E-state index contributed by atoms with van der Waals surface area (Å²) in [5.41, 5.74) is 2.52. The highest BCUT2D eigenvalue weighted by molar-refractivity contribution is 9.10. The molecule has 0 spiro atoms. The van der Waals surface area contributed by atoms with Crippen LogP contribution < -0.4 is 9.47 Å². The first-order valence-electron chi connectivity index (χ1n) is 9.46. The van der Waals surface area contributed by atoms with E-state index in [0.29, 0.717) is 0 Å². The minimum Gasteiger partial charge on any atom is -0.497 e. The average Bonchev–Trinajstić information content (AvgIpc) is 2.68. The molecule has 5 heteroatoms. The molecule has 146 valence electrons. The van der Waals surface area contributed by atoms with Gasteiger partial charge in [-0.25, -0.2) is 0 Å². The van der Waals surface area contributed by atoms with E-state index in [1.54, 1.807) is 14.2 Å². The smallest absolute Gasteiger partial charge is 0.137 e. The number of hydrogen-bond donors (Lipinski definition) is 0. The first-order chi connectivity index (χ1) is 13.1. The summed E-state index contributed by atoms with van der Waals surface area (Å²) >= 11 is 10.00. The van der Waals surface area contributed by atoms with Gasteiger partial charge in [-0.3, -0.25) is 0 Å². The van der Waals surface area contributed by atoms with Crippen molar-refractivity contribution in [1.82, 2.24) is 4.90 Å². The molecular formula is C22H27BrClNO2. The molecule has 0 atom stereocenters. The first-order valence-corrected chi connectivity index (χ1v) is 10.6. The van der Waals surface area contributed by atoms with Gasteiger partial charge in [0.1, 0.15) is 11.5 Å². The van der Waals surface area contributed by atoms with Gasteiger partial charge in [0.25, 0.3) is 0 Å². The Morgan fingerprint density at radius 2 is 1.89 bits per heavy atom. The summed E-state index contributed by atoms with van der Waals surface area (Å²) in [4.78, 5) is 2.55. The Morgan fingerprint density at radius 3 is 2.59 bits per heavy atom. The minimum absolute atomic E-state index is 0.737. The van der Waals surface area contributed by atoms with E-state index in [2.05, 4.69) is 39.0 Å². The highest BCUT2D eigenvalue weighted by Crippen LogP contribution is 2.29. The molecule has 0 N–H and O–H groups in total. The number of hydrogen-bond acceptors (Lipinski definition) is 3. The number of rotatable bonds is 7. The quantitative estimate of drug-likeness (QED) is 0.544. The summed E-state index contributed by atoms with van der Waals surface area (Å²) in [5.74, 6) is 2.42. The van der Waals surface area contributed by atoms with Crippen molar-refractivity contribution in [2.24, 2.45) is 5.92 Å². The van der Waals surface area contributed by atoms with Crippen molar-refractivity contribution >= 4 is 27.5 Å². The molecule has 1 saturated heterocycles. The van der Waals surface area contributed by atoms with Gasteiger partial charge in [0.2, 0.25) is 0 Å². The Morgan fingerprint density at radius 1 is 1.11 bits per heavy atom. The lowest BCUT2D eigenvalue weighted by atomic mass is 9.90. The van der Waals surface area contributed by atoms with E-state index in [1.165, 1.54) is 24.0 Å². The Bertz CT molecular complexity index is 760. The second-order valence-corrected chi connectivity index (χ2v) is 8.47. The third kappa shape index (κ3) is 5.63. The van der Waals surface area contributed by atoms with Crippen molar-refractivity contribution in [1.29, 1.82) is 0 Å². The number of halogens is 2. The Hall–Kier alpha value is -1.23. The summed E-state index contributed by atoms with van der Waals surface area (Å²) in [6.45, 7) is 3.35. The lowest BCUT2D eigenvalue weighted by molar-refractivity contribution is 0.186. The molecule has 3 nitrogen and oxygen atoms in total. The monoisotopic (exact) mass is 451 g/mol. The van der Waals surface area contributed by atoms with Gasteiger partial charge < -0.3 is 14.4 Å². The Kier molecular flexibility index (Phi) is 7.45. The maximum atomic E-state index is 6.42. The molecule has 0 aromatic heterocycles. The van der Waals surface area contributed by atoms with Crippen LogP contribution in [-0.2, 0) is 12.8 Å². The van der Waals surface area contributed by atoms with Gasteiger partial charge in [-0.1, -0.05) is 39.7 Å². The number of piperidine rings is 1. The third-order valence-electron chi connectivity index (χ3n) is 5.36. The molecule has 2 aromatic rings. The fraction of sp³-hybridized carbons (Fsp3) is 0.455. The minimum atomic E-state index is 0.737. The van der Waals surface area contributed by atoms with Gasteiger partial charge in [0.15, 0.2) is 0 Å². The molecule has 0 bridgehead atoms. The van der Waals surface area contributed by atoms with Crippen LogP contribution in [0.2, 0.25) is 5.02 Å². The second-order valence-electron chi connectivity index (χ2n) is 7.17. The summed E-state index contributed by atoms with van der Waals surface area (Å²) in [6, 6.07) is 12.4. The van der Waals surface area contributed by atoms with Gasteiger partial charge in [0.05, 0.1) is 19.2 Å². The maximum Gasteiger partial charge on any atom is 0.137 e. The van der Waals surface area contributed by atoms with E-state index in [4.69, 9.17) is 21.1 Å². The van der Waals surface area contributed by atoms with Crippen LogP contribution >= 0.6 is 27.5 Å². The summed E-state index contributed by atoms with van der Waals surface area (Å²) in [7, 11) is 3.38. The number of ether oxygens (including phenoxy) is 2. The van der Waals surface area contributed by atoms with Crippen LogP contribution in [0.1, 0.15) is 24.0 Å². The maximum absolute atomic E-state index is 6.42. The zero-order valence-corrected chi connectivity index (χ0v) is 18.4. The van der Waals surface area contributed by atoms with Crippen LogP contribution in [0.3, 0.4) is 0 Å². The lowest BCUT2D eigenvalue weighted by Crippen LogP contribution is -2.35. The molecule has 1 fully saturated rings. The SMILES string of the molecule is COc1cc(Br)cc(CC2CCN(CCc3cccc(OC)c3Cl)CC2)c1. The van der Waals surface area contributed by atoms with Crippen molar-refractivity contribution in [3.8, 4) is 11.5 Å². The molecule has 0 aliphatic carbocycles. The fourth-order valence-electron chi connectivity index (χ4n) is 3.79. The largest absolute Gasteiger partial charge is 0.497 e. The molecule has 3 rings (SSSR count). The van der Waals surface area contributed by atoms with Gasteiger partial charge in [-0.15, -0.1) is 0 Å². The van der Waals surface area contributed by atoms with Crippen LogP contribution in [0.5, 0.6) is 11.5 Å². The number of benzene rings is 2. The van der Waals surface area contributed by atoms with Gasteiger partial charge in [-0.05, 0) is 80.1 Å². The van der Waals surface area contributed by atoms with Gasteiger partial charge in [0, 0.05) is 11.0 Å². The van der Waals surface area contributed by atoms with E-state index in [0.717, 1.165) is 59.4 Å². The normalized spacial score (nSPS) is 15.7. The lowest BCUT2D eigenvalue weighted by Gasteiger charge is -2.32. The summed E-state index contributed by atoms with van der Waals surface area (Å²) < 4.78 is 11.8. The standard InChI is InChI=1S/C22H27BrClNO2/c1-26-20-14-17(13-19(23)15-20)12-16-6-9-25(10-7-16)11-8-18-4-3-5-21(27-2)22(18)24/h3-5,13-16H,6-12H2,1-2H3. The van der Waals surface area contributed by atoms with Crippen molar-refractivity contribution in [2.45, 2.75) is 25.7 Å². The molecule has 1 aliphatic heterocycles. The number of likely N-dealkylation sites (tertiary alicyclic amines) is 1. The van der Waals surface area contributed by atoms with Gasteiger partial charge in [-0.2, -0.15) is 0 Å². The highest BCUT2D eigenvalue weighted by Gasteiger charge is 2.20. The number of methoxy groups -OCH3 is 2. The Balaban J connectivity index is 1.49. The molecule has 27 heavy (non-hydrogen) atoms. The van der Waals surface area contributed by atoms with E-state index < -0.39 is 0 Å². The van der Waals surface area contributed by atoms with Crippen molar-refractivity contribution in [3.63, 3.8) is 0 Å². The van der Waals surface area contributed by atoms with Crippen LogP contribution in [0.4, 0.5) is 0 Å². The van der Waals surface area contributed by atoms with E-state index in [-0.39, 0.29) is 0 Å². The summed E-state index contributed by atoms with van der Waals surface area (Å²) in [6.07, 6.45) is 4.55. The predicted molar refractivity (Wildman–Crippen MR) is 115 cm³/mol. The first kappa shape index (κ1) is 20.5. The zero-order valence-electron chi connectivity index (χ0n) is 16.0. The third-order valence-corrected chi connectivity index (χ3v) is 6.25. The molecule has 2 aromatic carbocycles. The number of nitrogens with zero attached hydrogens (tertiary/aromatic N) is 1. The topological polar surface area (TPSA) is 21.7 Å². The summed E-state index contributed by atoms with van der Waals surface area (Å²) in [5, 5.41) is 0.749. The molecule has 0 amide bonds. The molecule has 1 aliphatic rings. The predicted octanol–water partition coefficient (Wildman–Crippen LogP) is 5.62. The van der Waals surface area contributed by atoms with Crippen LogP contribution in [-0.4, -0.2) is 38.8 Å². The zero-order chi connectivity index (χ0) is 19.2. The van der Waals surface area contributed by atoms with E-state index >= 15 is 0 Å². The molecule has 0 radical (unpaired) electrons. The van der Waals surface area contributed by atoms with E-state index in [1.807, 2.05) is 18.2 Å². The molecular weight excluding hydrogens is 426 g/mol. The van der Waals surface area contributed by atoms with Crippen LogP contribution in [0.15, 0.2) is 40.9 Å². The van der Waals surface area contributed by atoms with Gasteiger partial charge >= 0.3 is 0 Å². The molecule has 1 heterocycles. The van der Waals surface area contributed by atoms with Crippen molar-refractivity contribution in [3.05, 3.63) is 57.0 Å². The van der Waals surface area contributed by atoms with Crippen LogP contribution in [0, 0.1) is 5.92 Å². The Labute approximate surface area is 175 Å². The fourth-order valence-corrected chi connectivity index (χ4v) is 4.61. The van der Waals surface area contributed by atoms with Crippen LogP contribution in [0.25, 0.3) is 0 Å². The molecule has 0 saturated carbocycles. The second kappa shape index (κ2) is 9.81.